The molecule has 114 valence electrons. The van der Waals surface area contributed by atoms with Crippen LogP contribution in [-0.4, -0.2) is 35.9 Å². The lowest BCUT2D eigenvalue weighted by atomic mass is 10.2. The van der Waals surface area contributed by atoms with Crippen molar-refractivity contribution in [3.63, 3.8) is 0 Å². The molecule has 1 heterocycles. The Bertz CT molecular complexity index is 548. The normalized spacial score (nSPS) is 17.7. The van der Waals surface area contributed by atoms with E-state index in [1.165, 1.54) is 6.92 Å². The summed E-state index contributed by atoms with van der Waals surface area (Å²) >= 11 is 6.09. The van der Waals surface area contributed by atoms with Crippen molar-refractivity contribution in [2.75, 3.05) is 18.5 Å². The molecule has 0 spiro atoms. The Hall–Kier alpha value is -1.75. The number of carbonyl (C=O) groups excluding carboxylic acids is 2. The van der Waals surface area contributed by atoms with Crippen molar-refractivity contribution in [3.8, 4) is 5.75 Å². The van der Waals surface area contributed by atoms with Gasteiger partial charge in [-0.25, -0.2) is 0 Å². The molecule has 2 rings (SSSR count). The largest absolute Gasteiger partial charge is 0.492 e. The molecule has 6 heteroatoms. The number of ether oxygens (including phenoxy) is 1. The van der Waals surface area contributed by atoms with E-state index in [9.17, 15) is 9.59 Å². The lowest BCUT2D eigenvalue weighted by molar-refractivity contribution is -0.134. The molecule has 21 heavy (non-hydrogen) atoms. The second-order valence-electron chi connectivity index (χ2n) is 4.94. The smallest absolute Gasteiger partial charge is 0.247 e. The van der Waals surface area contributed by atoms with E-state index in [4.69, 9.17) is 16.3 Å². The van der Waals surface area contributed by atoms with Crippen molar-refractivity contribution in [1.82, 2.24) is 4.90 Å². The van der Waals surface area contributed by atoms with Crippen LogP contribution in [0.1, 0.15) is 26.7 Å². The molecule has 0 bridgehead atoms. The standard InChI is InChI=1S/C15H19ClN2O3/c1-3-21-14-7-6-11(9-12(14)16)17-15(20)13-5-4-8-18(13)10(2)19/h6-7,9,13H,3-5,8H2,1-2H3,(H,17,20). The van der Waals surface area contributed by atoms with Gasteiger partial charge in [-0.2, -0.15) is 0 Å². The number of hydrogen-bond donors (Lipinski definition) is 1. The number of amides is 2. The summed E-state index contributed by atoms with van der Waals surface area (Å²) in [6, 6.07) is 4.71. The van der Waals surface area contributed by atoms with Gasteiger partial charge < -0.3 is 15.0 Å². The van der Waals surface area contributed by atoms with Crippen LogP contribution in [0.15, 0.2) is 18.2 Å². The first-order valence-electron chi connectivity index (χ1n) is 7.03. The van der Waals surface area contributed by atoms with Gasteiger partial charge in [0.2, 0.25) is 11.8 Å². The van der Waals surface area contributed by atoms with Gasteiger partial charge in [0.05, 0.1) is 11.6 Å². The van der Waals surface area contributed by atoms with Gasteiger partial charge >= 0.3 is 0 Å². The first kappa shape index (κ1) is 15.6. The minimum Gasteiger partial charge on any atom is -0.492 e. The molecule has 0 radical (unpaired) electrons. The lowest BCUT2D eigenvalue weighted by Gasteiger charge is -2.22. The number of hydrogen-bond acceptors (Lipinski definition) is 3. The van der Waals surface area contributed by atoms with Crippen LogP contribution in [0.2, 0.25) is 5.02 Å². The van der Waals surface area contributed by atoms with Crippen LogP contribution in [0.25, 0.3) is 0 Å². The predicted octanol–water partition coefficient (Wildman–Crippen LogP) is 2.69. The summed E-state index contributed by atoms with van der Waals surface area (Å²) in [5.74, 6) is 0.337. The molecule has 0 aliphatic carbocycles. The number of benzene rings is 1. The summed E-state index contributed by atoms with van der Waals surface area (Å²) in [5, 5.41) is 3.25. The Morgan fingerprint density at radius 1 is 1.48 bits per heavy atom. The number of nitrogens with zero attached hydrogens (tertiary/aromatic N) is 1. The van der Waals surface area contributed by atoms with Gasteiger partial charge in [-0.1, -0.05) is 11.6 Å². The molecule has 1 N–H and O–H groups in total. The Balaban J connectivity index is 2.06. The van der Waals surface area contributed by atoms with Crippen LogP contribution in [0.4, 0.5) is 5.69 Å². The predicted molar refractivity (Wildman–Crippen MR) is 81.7 cm³/mol. The quantitative estimate of drug-likeness (QED) is 0.930. The first-order chi connectivity index (χ1) is 10.0. The fraction of sp³-hybridized carbons (Fsp3) is 0.467. The summed E-state index contributed by atoms with van der Waals surface area (Å²) in [5.41, 5.74) is 0.601. The highest BCUT2D eigenvalue weighted by atomic mass is 35.5. The van der Waals surface area contributed by atoms with E-state index in [0.717, 1.165) is 6.42 Å². The van der Waals surface area contributed by atoms with Crippen molar-refractivity contribution in [3.05, 3.63) is 23.2 Å². The molecule has 1 unspecified atom stereocenters. The summed E-state index contributed by atoms with van der Waals surface area (Å²) < 4.78 is 5.35. The van der Waals surface area contributed by atoms with E-state index < -0.39 is 6.04 Å². The van der Waals surface area contributed by atoms with Gasteiger partial charge in [0.25, 0.3) is 0 Å². The minimum absolute atomic E-state index is 0.0719. The molecule has 2 amide bonds. The highest BCUT2D eigenvalue weighted by Crippen LogP contribution is 2.28. The van der Waals surface area contributed by atoms with E-state index in [-0.39, 0.29) is 11.8 Å². The Morgan fingerprint density at radius 2 is 2.24 bits per heavy atom. The van der Waals surface area contributed by atoms with Gasteiger partial charge in [0, 0.05) is 19.2 Å². The van der Waals surface area contributed by atoms with Gasteiger partial charge in [-0.3, -0.25) is 9.59 Å². The second kappa shape index (κ2) is 6.80. The second-order valence-corrected chi connectivity index (χ2v) is 5.35. The van der Waals surface area contributed by atoms with Crippen LogP contribution in [-0.2, 0) is 9.59 Å². The maximum atomic E-state index is 12.3. The van der Waals surface area contributed by atoms with E-state index in [1.54, 1.807) is 23.1 Å². The average molecular weight is 311 g/mol. The van der Waals surface area contributed by atoms with Gasteiger partial charge in [0.15, 0.2) is 0 Å². The molecule has 1 fully saturated rings. The molecular formula is C15H19ClN2O3. The number of anilines is 1. The van der Waals surface area contributed by atoms with Crippen LogP contribution >= 0.6 is 11.6 Å². The molecule has 1 aliphatic rings. The maximum Gasteiger partial charge on any atom is 0.247 e. The maximum absolute atomic E-state index is 12.3. The highest BCUT2D eigenvalue weighted by Gasteiger charge is 2.32. The van der Waals surface area contributed by atoms with Crippen LogP contribution in [0.3, 0.4) is 0 Å². The summed E-state index contributed by atoms with van der Waals surface area (Å²) in [4.78, 5) is 25.4. The third-order valence-electron chi connectivity index (χ3n) is 3.46. The van der Waals surface area contributed by atoms with Gasteiger partial charge in [-0.15, -0.1) is 0 Å². The highest BCUT2D eigenvalue weighted by molar-refractivity contribution is 6.32. The first-order valence-corrected chi connectivity index (χ1v) is 7.41. The minimum atomic E-state index is -0.396. The van der Waals surface area contributed by atoms with Gasteiger partial charge in [0.1, 0.15) is 11.8 Å². The number of halogens is 1. The Labute approximate surface area is 129 Å². The molecular weight excluding hydrogens is 292 g/mol. The third-order valence-corrected chi connectivity index (χ3v) is 3.75. The zero-order chi connectivity index (χ0) is 15.4. The Morgan fingerprint density at radius 3 is 2.86 bits per heavy atom. The average Bonchev–Trinajstić information content (AvgIpc) is 2.91. The topological polar surface area (TPSA) is 58.6 Å². The fourth-order valence-corrected chi connectivity index (χ4v) is 2.73. The van der Waals surface area contributed by atoms with Crippen LogP contribution in [0.5, 0.6) is 5.75 Å². The molecule has 1 saturated heterocycles. The van der Waals surface area contributed by atoms with E-state index in [1.807, 2.05) is 6.92 Å². The van der Waals surface area contributed by atoms with Crippen molar-refractivity contribution >= 4 is 29.1 Å². The molecule has 1 aromatic rings. The molecule has 0 saturated carbocycles. The van der Waals surface area contributed by atoms with E-state index >= 15 is 0 Å². The number of nitrogens with one attached hydrogen (secondary N) is 1. The summed E-state index contributed by atoms with van der Waals surface area (Å²) in [7, 11) is 0. The van der Waals surface area contributed by atoms with E-state index in [0.29, 0.717) is 36.0 Å². The number of rotatable bonds is 4. The fourth-order valence-electron chi connectivity index (χ4n) is 2.49. The van der Waals surface area contributed by atoms with Crippen molar-refractivity contribution in [1.29, 1.82) is 0 Å². The van der Waals surface area contributed by atoms with Crippen molar-refractivity contribution < 1.29 is 14.3 Å². The van der Waals surface area contributed by atoms with Gasteiger partial charge in [-0.05, 0) is 38.0 Å². The number of likely N-dealkylation sites (tertiary alicyclic amines) is 1. The summed E-state index contributed by atoms with van der Waals surface area (Å²) in [6.45, 7) is 4.53. The molecule has 0 aromatic heterocycles. The lowest BCUT2D eigenvalue weighted by Crippen LogP contribution is -2.42. The van der Waals surface area contributed by atoms with Crippen molar-refractivity contribution in [2.24, 2.45) is 0 Å². The molecule has 1 atom stereocenters. The zero-order valence-electron chi connectivity index (χ0n) is 12.2. The molecule has 1 aromatic carbocycles. The van der Waals surface area contributed by atoms with E-state index in [2.05, 4.69) is 5.32 Å². The van der Waals surface area contributed by atoms with Crippen LogP contribution < -0.4 is 10.1 Å². The third kappa shape index (κ3) is 3.67. The monoisotopic (exact) mass is 310 g/mol. The SMILES string of the molecule is CCOc1ccc(NC(=O)C2CCCN2C(C)=O)cc1Cl. The molecule has 1 aliphatic heterocycles. The van der Waals surface area contributed by atoms with Crippen molar-refractivity contribution in [2.45, 2.75) is 32.7 Å². The summed E-state index contributed by atoms with van der Waals surface area (Å²) in [6.07, 6.45) is 1.54. The molecule has 5 nitrogen and oxygen atoms in total. The van der Waals surface area contributed by atoms with Crippen LogP contribution in [0, 0.1) is 0 Å². The zero-order valence-corrected chi connectivity index (χ0v) is 12.9. The Kier molecular flexibility index (Phi) is 5.07. The number of carbonyl (C=O) groups is 2.